The third kappa shape index (κ3) is 3.57. The van der Waals surface area contributed by atoms with Gasteiger partial charge in [-0.1, -0.05) is 6.92 Å². The number of aliphatic carboxylic acids is 1. The van der Waals surface area contributed by atoms with Crippen LogP contribution in [0.1, 0.15) is 19.8 Å². The van der Waals surface area contributed by atoms with Crippen LogP contribution in [0.4, 0.5) is 0 Å². The molecule has 1 aromatic carbocycles. The number of ether oxygens (including phenoxy) is 2. The van der Waals surface area contributed by atoms with Gasteiger partial charge in [-0.3, -0.25) is 4.79 Å². The van der Waals surface area contributed by atoms with Crippen molar-refractivity contribution in [1.29, 1.82) is 0 Å². The van der Waals surface area contributed by atoms with Gasteiger partial charge in [0.05, 0.1) is 0 Å². The molecule has 0 amide bonds. The van der Waals surface area contributed by atoms with Gasteiger partial charge in [-0.05, 0) is 24.6 Å². The van der Waals surface area contributed by atoms with E-state index in [-0.39, 0.29) is 11.7 Å². The van der Waals surface area contributed by atoms with Crippen LogP contribution in [0.25, 0.3) is 0 Å². The fraction of sp³-hybridized carbons (Fsp3) is 0.462. The molecule has 2 rings (SSSR count). The van der Waals surface area contributed by atoms with Gasteiger partial charge in [0, 0.05) is 16.6 Å². The zero-order chi connectivity index (χ0) is 13.0. The summed E-state index contributed by atoms with van der Waals surface area (Å²) in [5.41, 5.74) is 0. The second-order valence-electron chi connectivity index (χ2n) is 4.17. The van der Waals surface area contributed by atoms with E-state index >= 15 is 0 Å². The van der Waals surface area contributed by atoms with Crippen LogP contribution in [0.5, 0.6) is 11.5 Å². The van der Waals surface area contributed by atoms with Crippen LogP contribution in [-0.4, -0.2) is 29.5 Å². The number of carboxylic acids is 1. The van der Waals surface area contributed by atoms with Crippen molar-refractivity contribution in [3.8, 4) is 11.5 Å². The average molecular weight is 268 g/mol. The predicted molar refractivity (Wildman–Crippen MR) is 69.6 cm³/mol. The third-order valence-corrected chi connectivity index (χ3v) is 3.78. The van der Waals surface area contributed by atoms with Gasteiger partial charge >= 0.3 is 5.97 Å². The number of hydrogen-bond acceptors (Lipinski definition) is 4. The van der Waals surface area contributed by atoms with E-state index in [2.05, 4.69) is 0 Å². The lowest BCUT2D eigenvalue weighted by molar-refractivity contribution is -0.137. The van der Waals surface area contributed by atoms with Crippen LogP contribution in [0.15, 0.2) is 23.1 Å². The third-order valence-electron chi connectivity index (χ3n) is 2.62. The van der Waals surface area contributed by atoms with Crippen molar-refractivity contribution in [3.05, 3.63) is 18.2 Å². The first-order valence-electron chi connectivity index (χ1n) is 5.93. The summed E-state index contributed by atoms with van der Waals surface area (Å²) in [5.74, 6) is 0.810. The summed E-state index contributed by atoms with van der Waals surface area (Å²) < 4.78 is 11.0. The van der Waals surface area contributed by atoms with Gasteiger partial charge in [0.15, 0.2) is 11.5 Å². The molecule has 1 unspecified atom stereocenters. The van der Waals surface area contributed by atoms with E-state index in [0.717, 1.165) is 16.4 Å². The quantitative estimate of drug-likeness (QED) is 0.832. The van der Waals surface area contributed by atoms with Crippen LogP contribution >= 0.6 is 11.8 Å². The second-order valence-corrected chi connectivity index (χ2v) is 5.68. The zero-order valence-electron chi connectivity index (χ0n) is 10.2. The van der Waals surface area contributed by atoms with E-state index in [0.29, 0.717) is 19.6 Å². The molecule has 4 nitrogen and oxygen atoms in total. The Balaban J connectivity index is 1.95. The van der Waals surface area contributed by atoms with Crippen molar-refractivity contribution in [2.75, 3.05) is 13.2 Å². The lowest BCUT2D eigenvalue weighted by Gasteiger charge is -2.19. The molecule has 1 atom stereocenters. The highest BCUT2D eigenvalue weighted by Gasteiger charge is 2.13. The molecule has 0 spiro atoms. The van der Waals surface area contributed by atoms with Gasteiger partial charge in [-0.2, -0.15) is 0 Å². The minimum Gasteiger partial charge on any atom is -0.486 e. The normalized spacial score (nSPS) is 15.2. The molecular weight excluding hydrogens is 252 g/mol. The number of carbonyl (C=O) groups is 1. The maximum atomic E-state index is 10.5. The standard InChI is InChI=1S/C13H16O4S/c1-9(2-5-13(14)15)18-10-3-4-11-12(8-10)17-7-6-16-11/h3-4,8-9H,2,5-7H2,1H3,(H,14,15). The van der Waals surface area contributed by atoms with Crippen molar-refractivity contribution < 1.29 is 19.4 Å². The molecule has 18 heavy (non-hydrogen) atoms. The van der Waals surface area contributed by atoms with Crippen LogP contribution in [-0.2, 0) is 4.79 Å². The number of benzene rings is 1. The average Bonchev–Trinajstić information content (AvgIpc) is 2.36. The van der Waals surface area contributed by atoms with Gasteiger partial charge in [0.2, 0.25) is 0 Å². The number of thioether (sulfide) groups is 1. The Hall–Kier alpha value is -1.36. The lowest BCUT2D eigenvalue weighted by Crippen LogP contribution is -2.15. The molecule has 5 heteroatoms. The Morgan fingerprint density at radius 3 is 2.83 bits per heavy atom. The Labute approximate surface area is 110 Å². The summed E-state index contributed by atoms with van der Waals surface area (Å²) in [4.78, 5) is 11.6. The summed E-state index contributed by atoms with van der Waals surface area (Å²) in [6.45, 7) is 3.20. The number of rotatable bonds is 5. The highest BCUT2D eigenvalue weighted by atomic mass is 32.2. The molecule has 1 heterocycles. The van der Waals surface area contributed by atoms with Crippen molar-refractivity contribution in [1.82, 2.24) is 0 Å². The summed E-state index contributed by atoms with van der Waals surface area (Å²) >= 11 is 1.66. The molecule has 0 aromatic heterocycles. The Bertz CT molecular complexity index is 433. The first-order valence-corrected chi connectivity index (χ1v) is 6.81. The molecule has 1 aromatic rings. The van der Waals surface area contributed by atoms with Crippen LogP contribution < -0.4 is 9.47 Å². The second kappa shape index (κ2) is 6.00. The minimum absolute atomic E-state index is 0.207. The molecule has 1 aliphatic heterocycles. The van der Waals surface area contributed by atoms with E-state index in [1.807, 2.05) is 25.1 Å². The lowest BCUT2D eigenvalue weighted by atomic mass is 10.2. The summed E-state index contributed by atoms with van der Waals surface area (Å²) in [5, 5.41) is 8.91. The maximum Gasteiger partial charge on any atom is 0.303 e. The zero-order valence-corrected chi connectivity index (χ0v) is 11.0. The van der Waals surface area contributed by atoms with Gasteiger partial charge in [-0.15, -0.1) is 11.8 Å². The fourth-order valence-corrected chi connectivity index (χ4v) is 2.74. The molecule has 0 fully saturated rings. The van der Waals surface area contributed by atoms with E-state index in [1.54, 1.807) is 11.8 Å². The largest absolute Gasteiger partial charge is 0.486 e. The number of fused-ring (bicyclic) bond motifs is 1. The molecule has 0 saturated heterocycles. The molecule has 0 radical (unpaired) electrons. The van der Waals surface area contributed by atoms with Gasteiger partial charge in [-0.25, -0.2) is 0 Å². The highest BCUT2D eigenvalue weighted by molar-refractivity contribution is 7.99. The molecule has 0 aliphatic carbocycles. The van der Waals surface area contributed by atoms with Crippen molar-refractivity contribution in [2.45, 2.75) is 29.9 Å². The van der Waals surface area contributed by atoms with E-state index in [1.165, 1.54) is 0 Å². The monoisotopic (exact) mass is 268 g/mol. The Morgan fingerprint density at radius 2 is 2.11 bits per heavy atom. The molecule has 0 bridgehead atoms. The van der Waals surface area contributed by atoms with Crippen LogP contribution in [0, 0.1) is 0 Å². The smallest absolute Gasteiger partial charge is 0.303 e. The molecule has 1 N–H and O–H groups in total. The van der Waals surface area contributed by atoms with E-state index < -0.39 is 5.97 Å². The van der Waals surface area contributed by atoms with Crippen LogP contribution in [0.2, 0.25) is 0 Å². The van der Waals surface area contributed by atoms with Gasteiger partial charge in [0.1, 0.15) is 13.2 Å². The maximum absolute atomic E-state index is 10.5. The summed E-state index contributed by atoms with van der Waals surface area (Å²) in [6.07, 6.45) is 0.868. The fourth-order valence-electron chi connectivity index (χ4n) is 1.71. The summed E-state index contributed by atoms with van der Waals surface area (Å²) in [7, 11) is 0. The van der Waals surface area contributed by atoms with E-state index in [4.69, 9.17) is 14.6 Å². The van der Waals surface area contributed by atoms with Crippen molar-refractivity contribution in [3.63, 3.8) is 0 Å². The Kier molecular flexibility index (Phi) is 4.36. The number of hydrogen-bond donors (Lipinski definition) is 1. The SMILES string of the molecule is CC(CCC(=O)O)Sc1ccc2c(c1)OCCO2. The summed E-state index contributed by atoms with van der Waals surface area (Å²) in [6, 6.07) is 5.84. The first-order chi connectivity index (χ1) is 8.65. The van der Waals surface area contributed by atoms with Crippen molar-refractivity contribution >= 4 is 17.7 Å². The highest BCUT2D eigenvalue weighted by Crippen LogP contribution is 2.36. The topological polar surface area (TPSA) is 55.8 Å². The molecular formula is C13H16O4S. The molecule has 0 saturated carbocycles. The number of carboxylic acid groups (broad SMARTS) is 1. The van der Waals surface area contributed by atoms with Gasteiger partial charge in [0.25, 0.3) is 0 Å². The van der Waals surface area contributed by atoms with Crippen molar-refractivity contribution in [2.24, 2.45) is 0 Å². The van der Waals surface area contributed by atoms with E-state index in [9.17, 15) is 4.79 Å². The molecule has 98 valence electrons. The van der Waals surface area contributed by atoms with Crippen LogP contribution in [0.3, 0.4) is 0 Å². The Morgan fingerprint density at radius 1 is 1.39 bits per heavy atom. The predicted octanol–water partition coefficient (Wildman–Crippen LogP) is 2.80. The van der Waals surface area contributed by atoms with Gasteiger partial charge < -0.3 is 14.6 Å². The first kappa shape index (κ1) is 13.1. The minimum atomic E-state index is -0.746. The molecule has 1 aliphatic rings.